The van der Waals surface area contributed by atoms with Crippen LogP contribution in [0.15, 0.2) is 73.6 Å². The predicted octanol–water partition coefficient (Wildman–Crippen LogP) is 5.86. The zero-order chi connectivity index (χ0) is 31.9. The summed E-state index contributed by atoms with van der Waals surface area (Å²) in [6.07, 6.45) is 15.7. The second-order valence-corrected chi connectivity index (χ2v) is 11.7. The molecule has 0 radical (unpaired) electrons. The van der Waals surface area contributed by atoms with Crippen molar-refractivity contribution in [1.82, 2.24) is 28.9 Å². The largest absolute Gasteiger partial charge is 0.399 e. The Morgan fingerprint density at radius 2 is 1.22 bits per heavy atom. The lowest BCUT2D eigenvalue weighted by atomic mass is 10.1. The summed E-state index contributed by atoms with van der Waals surface area (Å²) in [5.74, 6) is 0. The molecule has 12 nitrogen and oxygen atoms in total. The number of anilines is 2. The van der Waals surface area contributed by atoms with Crippen LogP contribution in [0, 0.1) is 0 Å². The van der Waals surface area contributed by atoms with Crippen LogP contribution in [0.4, 0.5) is 25.8 Å². The first-order valence-corrected chi connectivity index (χ1v) is 15.3. The molecule has 6 rings (SSSR count). The van der Waals surface area contributed by atoms with Crippen LogP contribution in [0.3, 0.4) is 0 Å². The van der Waals surface area contributed by atoms with Gasteiger partial charge in [-0.05, 0) is 49.9 Å². The van der Waals surface area contributed by atoms with Gasteiger partial charge in [0, 0.05) is 61.1 Å². The summed E-state index contributed by atoms with van der Waals surface area (Å²) in [7, 11) is 3.72. The van der Waals surface area contributed by atoms with Gasteiger partial charge in [0.2, 0.25) is 0 Å². The number of amides is 4. The van der Waals surface area contributed by atoms with Crippen molar-refractivity contribution in [2.45, 2.75) is 63.5 Å². The van der Waals surface area contributed by atoms with E-state index in [4.69, 9.17) is 11.5 Å². The summed E-state index contributed by atoms with van der Waals surface area (Å²) in [5.41, 5.74) is 15.3. The molecule has 5 N–H and O–H groups in total. The molecule has 236 valence electrons. The Bertz CT molecular complexity index is 1630. The van der Waals surface area contributed by atoms with Gasteiger partial charge in [-0.1, -0.05) is 49.9 Å². The third-order valence-corrected chi connectivity index (χ3v) is 8.56. The molecular weight excluding hydrogens is 570 g/mol. The highest BCUT2D eigenvalue weighted by atomic mass is 16.2. The Labute approximate surface area is 263 Å². The number of imidazole rings is 2. The second-order valence-electron chi connectivity index (χ2n) is 11.7. The molecule has 2 fully saturated rings. The Hall–Kier alpha value is -5.13. The van der Waals surface area contributed by atoms with E-state index in [-0.39, 0.29) is 12.1 Å². The number of rotatable bonds is 5. The highest BCUT2D eigenvalue weighted by molar-refractivity contribution is 5.88. The first-order valence-electron chi connectivity index (χ1n) is 15.3. The van der Waals surface area contributed by atoms with Gasteiger partial charge in [0.25, 0.3) is 0 Å². The lowest BCUT2D eigenvalue weighted by Gasteiger charge is -2.23. The van der Waals surface area contributed by atoms with Crippen molar-refractivity contribution < 1.29 is 14.4 Å². The van der Waals surface area contributed by atoms with Crippen molar-refractivity contribution in [1.29, 1.82) is 0 Å². The van der Waals surface area contributed by atoms with Gasteiger partial charge in [-0.25, -0.2) is 24.4 Å². The fourth-order valence-electron chi connectivity index (χ4n) is 6.01. The van der Waals surface area contributed by atoms with Crippen LogP contribution in [-0.4, -0.2) is 73.2 Å². The van der Waals surface area contributed by atoms with Crippen LogP contribution in [0.25, 0.3) is 22.5 Å². The van der Waals surface area contributed by atoms with Crippen LogP contribution >= 0.6 is 0 Å². The van der Waals surface area contributed by atoms with E-state index >= 15 is 0 Å². The van der Waals surface area contributed by atoms with E-state index in [1.165, 1.54) is 36.6 Å². The van der Waals surface area contributed by atoms with Gasteiger partial charge in [0.15, 0.2) is 0 Å². The molecule has 2 aliphatic carbocycles. The third-order valence-electron chi connectivity index (χ3n) is 8.56. The third kappa shape index (κ3) is 7.69. The zero-order valence-electron chi connectivity index (χ0n) is 25.8. The SMILES string of the molecule is CN(C(=O)n1cnc(-c2cccc(N)c2)c1)C1CCCC1.CN(C(=O)n1cnc(-c2cccc(NC(N)=O)c2)c1)C1CCCC1. The van der Waals surface area contributed by atoms with E-state index in [0.29, 0.717) is 29.2 Å². The maximum atomic E-state index is 12.6. The maximum Gasteiger partial charge on any atom is 0.329 e. The van der Waals surface area contributed by atoms with Crippen molar-refractivity contribution in [2.75, 3.05) is 25.1 Å². The van der Waals surface area contributed by atoms with Gasteiger partial charge in [-0.15, -0.1) is 0 Å². The number of urea groups is 1. The standard InChI is InChI=1S/C17H21N5O2.C16H20N4O/c1-21(14-7-2-3-8-14)17(24)22-10-15(19-11-22)12-5-4-6-13(9-12)20-16(18)23;1-19(14-7-2-3-8-14)16(21)20-10-15(18-11-20)12-5-4-6-13(17)9-12/h4-6,9-11,14H,2-3,7-8H2,1H3,(H3,18,20,23);4-6,9-11,14H,2-3,7-8,17H2,1H3. The average Bonchev–Trinajstić information content (AvgIpc) is 3.87. The topological polar surface area (TPSA) is 157 Å². The molecule has 0 bridgehead atoms. The number of carbonyl (C=O) groups is 3. The molecule has 2 saturated carbocycles. The van der Waals surface area contributed by atoms with Crippen LogP contribution in [0.2, 0.25) is 0 Å². The molecule has 2 aromatic heterocycles. The first-order chi connectivity index (χ1) is 21.7. The van der Waals surface area contributed by atoms with Crippen molar-refractivity contribution in [2.24, 2.45) is 5.73 Å². The Kier molecular flexibility index (Phi) is 9.81. The van der Waals surface area contributed by atoms with E-state index in [1.54, 1.807) is 46.4 Å². The van der Waals surface area contributed by atoms with E-state index in [2.05, 4.69) is 15.3 Å². The van der Waals surface area contributed by atoms with Gasteiger partial charge < -0.3 is 26.6 Å². The lowest BCUT2D eigenvalue weighted by Crippen LogP contribution is -2.37. The minimum absolute atomic E-state index is 0.0236. The smallest absolute Gasteiger partial charge is 0.329 e. The molecule has 2 heterocycles. The predicted molar refractivity (Wildman–Crippen MR) is 175 cm³/mol. The highest BCUT2D eigenvalue weighted by Crippen LogP contribution is 2.26. The van der Waals surface area contributed by atoms with Crippen LogP contribution in [-0.2, 0) is 0 Å². The quantitative estimate of drug-likeness (QED) is 0.240. The summed E-state index contributed by atoms with van der Waals surface area (Å²) < 4.78 is 3.05. The molecule has 0 saturated heterocycles. The molecule has 4 aromatic rings. The summed E-state index contributed by atoms with van der Waals surface area (Å²) in [6.45, 7) is 0. The molecule has 4 amide bonds. The van der Waals surface area contributed by atoms with Gasteiger partial charge in [-0.2, -0.15) is 0 Å². The number of nitrogens with zero attached hydrogens (tertiary/aromatic N) is 6. The normalized spacial score (nSPS) is 14.9. The number of carbonyl (C=O) groups excluding carboxylic acids is 3. The minimum Gasteiger partial charge on any atom is -0.399 e. The number of hydrogen-bond acceptors (Lipinski definition) is 6. The first kappa shape index (κ1) is 31.3. The molecule has 2 aliphatic rings. The van der Waals surface area contributed by atoms with Gasteiger partial charge in [-0.3, -0.25) is 9.13 Å². The molecule has 0 aliphatic heterocycles. The summed E-state index contributed by atoms with van der Waals surface area (Å²) in [5, 5.41) is 2.53. The van der Waals surface area contributed by atoms with Gasteiger partial charge in [0.05, 0.1) is 11.4 Å². The zero-order valence-corrected chi connectivity index (χ0v) is 25.8. The van der Waals surface area contributed by atoms with Crippen LogP contribution < -0.4 is 16.8 Å². The Morgan fingerprint density at radius 1 is 0.756 bits per heavy atom. The van der Waals surface area contributed by atoms with Gasteiger partial charge >= 0.3 is 18.1 Å². The van der Waals surface area contributed by atoms with Crippen molar-refractivity contribution in [3.05, 3.63) is 73.6 Å². The molecular formula is C33H41N9O3. The lowest BCUT2D eigenvalue weighted by molar-refractivity contribution is 0.192. The second kappa shape index (κ2) is 14.1. The van der Waals surface area contributed by atoms with Crippen LogP contribution in [0.1, 0.15) is 51.4 Å². The van der Waals surface area contributed by atoms with Crippen molar-refractivity contribution >= 4 is 29.5 Å². The molecule has 12 heteroatoms. The summed E-state index contributed by atoms with van der Waals surface area (Å²) in [6, 6.07) is 14.6. The van der Waals surface area contributed by atoms with E-state index in [9.17, 15) is 14.4 Å². The Balaban J connectivity index is 0.000000179. The minimum atomic E-state index is -0.619. The van der Waals surface area contributed by atoms with Crippen LogP contribution in [0.5, 0.6) is 0 Å². The highest BCUT2D eigenvalue weighted by Gasteiger charge is 2.25. The molecule has 0 atom stereocenters. The number of nitrogens with two attached hydrogens (primary N) is 2. The molecule has 2 aromatic carbocycles. The van der Waals surface area contributed by atoms with E-state index < -0.39 is 6.03 Å². The van der Waals surface area contributed by atoms with E-state index in [1.807, 2.05) is 49.3 Å². The fraction of sp³-hybridized carbons (Fsp3) is 0.364. The van der Waals surface area contributed by atoms with E-state index in [0.717, 1.165) is 42.5 Å². The maximum absolute atomic E-state index is 12.6. The number of nitrogen functional groups attached to an aromatic ring is 1. The molecule has 0 spiro atoms. The molecule has 0 unspecified atom stereocenters. The van der Waals surface area contributed by atoms with Crippen molar-refractivity contribution in [3.63, 3.8) is 0 Å². The number of primary amides is 1. The Morgan fingerprint density at radius 3 is 1.69 bits per heavy atom. The average molecular weight is 612 g/mol. The summed E-state index contributed by atoms with van der Waals surface area (Å²) >= 11 is 0. The van der Waals surface area contributed by atoms with Crippen molar-refractivity contribution in [3.8, 4) is 22.5 Å². The summed E-state index contributed by atoms with van der Waals surface area (Å²) in [4.78, 5) is 48.2. The fourth-order valence-corrected chi connectivity index (χ4v) is 6.01. The number of hydrogen-bond donors (Lipinski definition) is 3. The number of nitrogens with one attached hydrogen (secondary N) is 1. The van der Waals surface area contributed by atoms with Gasteiger partial charge in [0.1, 0.15) is 12.7 Å². The molecule has 45 heavy (non-hydrogen) atoms. The number of benzene rings is 2. The monoisotopic (exact) mass is 611 g/mol. The number of aromatic nitrogens is 4.